The van der Waals surface area contributed by atoms with Crippen LogP contribution in [0.2, 0.25) is 0 Å². The number of nitrogens with two attached hydrogens (primary N) is 1. The van der Waals surface area contributed by atoms with Gasteiger partial charge in [0.1, 0.15) is 0 Å². The Labute approximate surface area is 85.8 Å². The Kier molecular flexibility index (Phi) is 3.88. The van der Waals surface area contributed by atoms with Gasteiger partial charge in [0.15, 0.2) is 0 Å². The SMILES string of the molecule is CNS(=O)(=O)N1CC(CN)CCC1C. The molecule has 0 spiro atoms. The Balaban J connectivity index is 2.75. The normalized spacial score (nSPS) is 30.5. The molecule has 3 N–H and O–H groups in total. The minimum absolute atomic E-state index is 0.0789. The number of hydrogen-bond acceptors (Lipinski definition) is 3. The van der Waals surface area contributed by atoms with Crippen molar-refractivity contribution < 1.29 is 8.42 Å². The van der Waals surface area contributed by atoms with Crippen LogP contribution in [0.15, 0.2) is 0 Å². The first-order chi connectivity index (χ1) is 6.51. The van der Waals surface area contributed by atoms with E-state index in [1.807, 2.05) is 6.92 Å². The summed E-state index contributed by atoms with van der Waals surface area (Å²) in [6.45, 7) is 3.03. The molecule has 0 bridgehead atoms. The summed E-state index contributed by atoms with van der Waals surface area (Å²) in [5.41, 5.74) is 5.55. The summed E-state index contributed by atoms with van der Waals surface area (Å²) in [7, 11) is -1.85. The van der Waals surface area contributed by atoms with Crippen LogP contribution < -0.4 is 10.5 Å². The molecule has 14 heavy (non-hydrogen) atoms. The largest absolute Gasteiger partial charge is 0.330 e. The number of nitrogens with zero attached hydrogens (tertiary/aromatic N) is 1. The van der Waals surface area contributed by atoms with Gasteiger partial charge in [-0.05, 0) is 32.2 Å². The molecular weight excluding hydrogens is 202 g/mol. The fraction of sp³-hybridized carbons (Fsp3) is 1.00. The van der Waals surface area contributed by atoms with E-state index in [0.717, 1.165) is 12.8 Å². The molecule has 1 saturated heterocycles. The van der Waals surface area contributed by atoms with Crippen LogP contribution in [0.4, 0.5) is 0 Å². The van der Waals surface area contributed by atoms with Crippen molar-refractivity contribution in [2.75, 3.05) is 20.1 Å². The monoisotopic (exact) mass is 221 g/mol. The van der Waals surface area contributed by atoms with Gasteiger partial charge in [-0.15, -0.1) is 0 Å². The molecule has 0 amide bonds. The molecule has 5 nitrogen and oxygen atoms in total. The van der Waals surface area contributed by atoms with Crippen molar-refractivity contribution in [2.45, 2.75) is 25.8 Å². The highest BCUT2D eigenvalue weighted by molar-refractivity contribution is 7.87. The van der Waals surface area contributed by atoms with Gasteiger partial charge >= 0.3 is 0 Å². The second kappa shape index (κ2) is 4.57. The van der Waals surface area contributed by atoms with Gasteiger partial charge in [-0.3, -0.25) is 0 Å². The smallest absolute Gasteiger partial charge is 0.279 e. The van der Waals surface area contributed by atoms with E-state index in [1.54, 1.807) is 0 Å². The second-order valence-electron chi connectivity index (χ2n) is 3.81. The number of piperidine rings is 1. The van der Waals surface area contributed by atoms with Crippen molar-refractivity contribution in [3.8, 4) is 0 Å². The summed E-state index contributed by atoms with van der Waals surface area (Å²) in [6, 6.07) is 0.0789. The standard InChI is InChI=1S/C8H19N3O2S/c1-7-3-4-8(5-9)6-11(7)14(12,13)10-2/h7-8,10H,3-6,9H2,1-2H3. The molecule has 0 aliphatic carbocycles. The second-order valence-corrected chi connectivity index (χ2v) is 5.63. The molecule has 2 atom stereocenters. The molecule has 0 aromatic heterocycles. The van der Waals surface area contributed by atoms with Crippen molar-refractivity contribution in [1.82, 2.24) is 9.03 Å². The van der Waals surface area contributed by atoms with Gasteiger partial charge in [0.25, 0.3) is 10.2 Å². The Bertz CT molecular complexity index is 278. The summed E-state index contributed by atoms with van der Waals surface area (Å²) in [4.78, 5) is 0. The van der Waals surface area contributed by atoms with Gasteiger partial charge in [-0.25, -0.2) is 4.72 Å². The Morgan fingerprint density at radius 3 is 2.64 bits per heavy atom. The van der Waals surface area contributed by atoms with Crippen LogP contribution >= 0.6 is 0 Å². The van der Waals surface area contributed by atoms with Gasteiger partial charge in [0.2, 0.25) is 0 Å². The summed E-state index contributed by atoms with van der Waals surface area (Å²) < 4.78 is 27.1. The van der Waals surface area contributed by atoms with Gasteiger partial charge in [-0.1, -0.05) is 0 Å². The molecule has 1 aliphatic heterocycles. The van der Waals surface area contributed by atoms with Crippen LogP contribution in [0.5, 0.6) is 0 Å². The highest BCUT2D eigenvalue weighted by Crippen LogP contribution is 2.22. The summed E-state index contributed by atoms with van der Waals surface area (Å²) in [5.74, 6) is 0.300. The maximum Gasteiger partial charge on any atom is 0.279 e. The van der Waals surface area contributed by atoms with E-state index in [9.17, 15) is 8.42 Å². The number of rotatable bonds is 3. The van der Waals surface area contributed by atoms with Crippen LogP contribution in [0.1, 0.15) is 19.8 Å². The van der Waals surface area contributed by atoms with E-state index < -0.39 is 10.2 Å². The first kappa shape index (κ1) is 11.9. The average Bonchev–Trinajstić information content (AvgIpc) is 2.18. The first-order valence-corrected chi connectivity index (χ1v) is 6.35. The van der Waals surface area contributed by atoms with Crippen LogP contribution in [0.3, 0.4) is 0 Å². The van der Waals surface area contributed by atoms with Gasteiger partial charge in [0, 0.05) is 19.6 Å². The molecule has 0 saturated carbocycles. The quantitative estimate of drug-likeness (QED) is 0.675. The highest BCUT2D eigenvalue weighted by atomic mass is 32.2. The Hall–Kier alpha value is -0.170. The van der Waals surface area contributed by atoms with E-state index in [1.165, 1.54) is 11.4 Å². The molecule has 0 aromatic rings. The molecule has 0 aromatic carbocycles. The van der Waals surface area contributed by atoms with Gasteiger partial charge in [0.05, 0.1) is 0 Å². The lowest BCUT2D eigenvalue weighted by Crippen LogP contribution is -2.50. The van der Waals surface area contributed by atoms with Crippen molar-refractivity contribution in [3.05, 3.63) is 0 Å². The summed E-state index contributed by atoms with van der Waals surface area (Å²) in [6.07, 6.45) is 1.91. The van der Waals surface area contributed by atoms with Crippen LogP contribution in [-0.2, 0) is 10.2 Å². The lowest BCUT2D eigenvalue weighted by molar-refractivity contribution is 0.209. The molecule has 1 aliphatic rings. The van der Waals surface area contributed by atoms with E-state index in [-0.39, 0.29) is 6.04 Å². The molecule has 1 fully saturated rings. The van der Waals surface area contributed by atoms with E-state index in [0.29, 0.717) is 19.0 Å². The fourth-order valence-electron chi connectivity index (χ4n) is 1.79. The van der Waals surface area contributed by atoms with Crippen LogP contribution in [0, 0.1) is 5.92 Å². The fourth-order valence-corrected chi connectivity index (χ4v) is 3.01. The average molecular weight is 221 g/mol. The molecule has 84 valence electrons. The zero-order valence-electron chi connectivity index (χ0n) is 8.73. The maximum atomic E-state index is 11.6. The highest BCUT2D eigenvalue weighted by Gasteiger charge is 2.32. The van der Waals surface area contributed by atoms with Gasteiger partial charge in [-0.2, -0.15) is 12.7 Å². The van der Waals surface area contributed by atoms with Crippen molar-refractivity contribution >= 4 is 10.2 Å². The molecule has 6 heteroatoms. The summed E-state index contributed by atoms with van der Waals surface area (Å²) in [5, 5.41) is 0. The lowest BCUT2D eigenvalue weighted by Gasteiger charge is -2.36. The number of nitrogens with one attached hydrogen (secondary N) is 1. The van der Waals surface area contributed by atoms with Crippen LogP contribution in [0.25, 0.3) is 0 Å². The van der Waals surface area contributed by atoms with Gasteiger partial charge < -0.3 is 5.73 Å². The summed E-state index contributed by atoms with van der Waals surface area (Å²) >= 11 is 0. The third kappa shape index (κ3) is 2.44. The lowest BCUT2D eigenvalue weighted by atomic mass is 9.96. The molecule has 1 heterocycles. The zero-order chi connectivity index (χ0) is 10.8. The molecule has 0 radical (unpaired) electrons. The zero-order valence-corrected chi connectivity index (χ0v) is 9.55. The van der Waals surface area contributed by atoms with Crippen LogP contribution in [-0.4, -0.2) is 38.9 Å². The first-order valence-electron chi connectivity index (χ1n) is 4.91. The topological polar surface area (TPSA) is 75.4 Å². The van der Waals surface area contributed by atoms with Crippen molar-refractivity contribution in [3.63, 3.8) is 0 Å². The minimum atomic E-state index is -3.29. The Morgan fingerprint density at radius 2 is 2.14 bits per heavy atom. The van der Waals surface area contributed by atoms with Crippen molar-refractivity contribution in [1.29, 1.82) is 0 Å². The predicted molar refractivity (Wildman–Crippen MR) is 55.9 cm³/mol. The van der Waals surface area contributed by atoms with E-state index in [2.05, 4.69) is 4.72 Å². The third-order valence-corrected chi connectivity index (χ3v) is 4.46. The Morgan fingerprint density at radius 1 is 1.50 bits per heavy atom. The van der Waals surface area contributed by atoms with E-state index in [4.69, 9.17) is 5.73 Å². The predicted octanol–water partition coefficient (Wildman–Crippen LogP) is -0.490. The molecule has 2 unspecified atom stereocenters. The van der Waals surface area contributed by atoms with E-state index >= 15 is 0 Å². The third-order valence-electron chi connectivity index (χ3n) is 2.82. The number of hydrogen-bond donors (Lipinski definition) is 2. The van der Waals surface area contributed by atoms with Crippen molar-refractivity contribution in [2.24, 2.45) is 11.7 Å². The maximum absolute atomic E-state index is 11.6. The molecular formula is C8H19N3O2S. The molecule has 1 rings (SSSR count). The minimum Gasteiger partial charge on any atom is -0.330 e.